The van der Waals surface area contributed by atoms with E-state index in [0.717, 1.165) is 17.5 Å². The fourth-order valence-corrected chi connectivity index (χ4v) is 2.80. The standard InChI is InChI=1S/C16H20N4O3S/c1-11-4-5-14(24(3,22)23)9-15(11)20-16(21)19-12(2)8-13-10-17-6-7-18-13/h4-7,9-10,12H,8H2,1-3H3,(H2,19,20,21). The highest BCUT2D eigenvalue weighted by molar-refractivity contribution is 7.90. The van der Waals surface area contributed by atoms with E-state index < -0.39 is 15.9 Å². The average molecular weight is 348 g/mol. The number of amides is 2. The van der Waals surface area contributed by atoms with Crippen molar-refractivity contribution in [1.29, 1.82) is 0 Å². The number of nitrogens with one attached hydrogen (secondary N) is 2. The summed E-state index contributed by atoms with van der Waals surface area (Å²) < 4.78 is 23.2. The summed E-state index contributed by atoms with van der Waals surface area (Å²) in [5, 5.41) is 5.48. The zero-order valence-electron chi connectivity index (χ0n) is 13.8. The van der Waals surface area contributed by atoms with Gasteiger partial charge in [0.05, 0.1) is 10.6 Å². The molecule has 1 unspecified atom stereocenters. The lowest BCUT2D eigenvalue weighted by atomic mass is 10.2. The van der Waals surface area contributed by atoms with Gasteiger partial charge in [-0.25, -0.2) is 13.2 Å². The van der Waals surface area contributed by atoms with Crippen molar-refractivity contribution in [2.75, 3.05) is 11.6 Å². The number of nitrogens with zero attached hydrogens (tertiary/aromatic N) is 2. The fourth-order valence-electron chi connectivity index (χ4n) is 2.15. The maximum atomic E-state index is 12.1. The Balaban J connectivity index is 2.02. The highest BCUT2D eigenvalue weighted by Gasteiger charge is 2.13. The SMILES string of the molecule is Cc1ccc(S(C)(=O)=O)cc1NC(=O)NC(C)Cc1cnccn1. The second-order valence-corrected chi connectivity index (χ2v) is 7.67. The molecular weight excluding hydrogens is 328 g/mol. The molecule has 0 spiro atoms. The van der Waals surface area contributed by atoms with Crippen LogP contribution in [-0.4, -0.2) is 36.7 Å². The fraction of sp³-hybridized carbons (Fsp3) is 0.312. The zero-order chi connectivity index (χ0) is 17.7. The largest absolute Gasteiger partial charge is 0.335 e. The number of benzene rings is 1. The van der Waals surface area contributed by atoms with Crippen LogP contribution in [0.1, 0.15) is 18.2 Å². The van der Waals surface area contributed by atoms with Crippen molar-refractivity contribution in [3.8, 4) is 0 Å². The third-order valence-corrected chi connectivity index (χ3v) is 4.51. The maximum absolute atomic E-state index is 12.1. The molecule has 0 radical (unpaired) electrons. The summed E-state index contributed by atoms with van der Waals surface area (Å²) in [5.74, 6) is 0. The summed E-state index contributed by atoms with van der Waals surface area (Å²) in [6.45, 7) is 3.65. The van der Waals surface area contributed by atoms with Gasteiger partial charge in [0.25, 0.3) is 0 Å². The number of aryl methyl sites for hydroxylation is 1. The van der Waals surface area contributed by atoms with Gasteiger partial charge in [-0.1, -0.05) is 6.07 Å². The topological polar surface area (TPSA) is 101 Å². The van der Waals surface area contributed by atoms with Gasteiger partial charge in [0.2, 0.25) is 0 Å². The lowest BCUT2D eigenvalue weighted by Crippen LogP contribution is -2.37. The molecular formula is C16H20N4O3S. The number of carbonyl (C=O) groups is 1. The number of hydrogen-bond acceptors (Lipinski definition) is 5. The molecule has 24 heavy (non-hydrogen) atoms. The monoisotopic (exact) mass is 348 g/mol. The van der Waals surface area contributed by atoms with Crippen molar-refractivity contribution in [3.05, 3.63) is 48.0 Å². The predicted octanol–water partition coefficient (Wildman–Crippen LogP) is 1.94. The summed E-state index contributed by atoms with van der Waals surface area (Å²) >= 11 is 0. The van der Waals surface area contributed by atoms with E-state index >= 15 is 0 Å². The summed E-state index contributed by atoms with van der Waals surface area (Å²) in [7, 11) is -3.33. The molecule has 1 atom stereocenters. The number of carbonyl (C=O) groups excluding carboxylic acids is 1. The van der Waals surface area contributed by atoms with Crippen molar-refractivity contribution >= 4 is 21.6 Å². The molecule has 8 heteroatoms. The molecule has 0 fully saturated rings. The van der Waals surface area contributed by atoms with Crippen LogP contribution in [0.2, 0.25) is 0 Å². The number of rotatable bonds is 5. The van der Waals surface area contributed by atoms with Gasteiger partial charge in [0.1, 0.15) is 0 Å². The minimum atomic E-state index is -3.33. The zero-order valence-corrected chi connectivity index (χ0v) is 14.6. The Morgan fingerprint density at radius 2 is 2.04 bits per heavy atom. The quantitative estimate of drug-likeness (QED) is 0.860. The van der Waals surface area contributed by atoms with Gasteiger partial charge in [-0.05, 0) is 31.5 Å². The van der Waals surface area contributed by atoms with E-state index in [-0.39, 0.29) is 10.9 Å². The van der Waals surface area contributed by atoms with Gasteiger partial charge >= 0.3 is 6.03 Å². The number of sulfone groups is 1. The Morgan fingerprint density at radius 3 is 2.67 bits per heavy atom. The Kier molecular flexibility index (Phi) is 5.50. The average Bonchev–Trinajstić information content (AvgIpc) is 2.49. The van der Waals surface area contributed by atoms with E-state index in [0.29, 0.717) is 12.1 Å². The van der Waals surface area contributed by atoms with Crippen LogP contribution in [0.15, 0.2) is 41.7 Å². The van der Waals surface area contributed by atoms with Crippen LogP contribution >= 0.6 is 0 Å². The third-order valence-electron chi connectivity index (χ3n) is 3.39. The van der Waals surface area contributed by atoms with Gasteiger partial charge < -0.3 is 10.6 Å². The van der Waals surface area contributed by atoms with E-state index in [1.165, 1.54) is 12.1 Å². The minimum absolute atomic E-state index is 0.153. The van der Waals surface area contributed by atoms with E-state index in [1.807, 2.05) is 6.92 Å². The molecule has 2 rings (SSSR count). The normalized spacial score (nSPS) is 12.5. The predicted molar refractivity (Wildman–Crippen MR) is 91.6 cm³/mol. The lowest BCUT2D eigenvalue weighted by Gasteiger charge is -2.15. The summed E-state index contributed by atoms with van der Waals surface area (Å²) in [6, 6.07) is 4.08. The summed E-state index contributed by atoms with van der Waals surface area (Å²) in [5.41, 5.74) is 2.02. The number of hydrogen-bond donors (Lipinski definition) is 2. The highest BCUT2D eigenvalue weighted by Crippen LogP contribution is 2.20. The van der Waals surface area contributed by atoms with Gasteiger partial charge in [0, 0.05) is 43.0 Å². The molecule has 0 aliphatic rings. The molecule has 0 saturated heterocycles. The van der Waals surface area contributed by atoms with Crippen molar-refractivity contribution in [2.45, 2.75) is 31.2 Å². The highest BCUT2D eigenvalue weighted by atomic mass is 32.2. The van der Waals surface area contributed by atoms with Gasteiger partial charge in [0.15, 0.2) is 9.84 Å². The molecule has 7 nitrogen and oxygen atoms in total. The van der Waals surface area contributed by atoms with Crippen LogP contribution in [0.25, 0.3) is 0 Å². The second-order valence-electron chi connectivity index (χ2n) is 5.65. The minimum Gasteiger partial charge on any atom is -0.335 e. The van der Waals surface area contributed by atoms with Crippen LogP contribution in [0.4, 0.5) is 10.5 Å². The van der Waals surface area contributed by atoms with E-state index in [1.54, 1.807) is 31.6 Å². The molecule has 0 aliphatic heterocycles. The van der Waals surface area contributed by atoms with Crippen LogP contribution in [0, 0.1) is 6.92 Å². The van der Waals surface area contributed by atoms with Gasteiger partial charge in [-0.3, -0.25) is 9.97 Å². The Hall–Kier alpha value is -2.48. The van der Waals surface area contributed by atoms with Gasteiger partial charge in [-0.15, -0.1) is 0 Å². The Bertz CT molecular complexity index is 822. The Labute approximate surface area is 141 Å². The number of aromatic nitrogens is 2. The van der Waals surface area contributed by atoms with E-state index in [9.17, 15) is 13.2 Å². The number of anilines is 1. The molecule has 128 valence electrons. The molecule has 1 aromatic carbocycles. The second kappa shape index (κ2) is 7.39. The lowest BCUT2D eigenvalue weighted by molar-refractivity contribution is 0.249. The van der Waals surface area contributed by atoms with Crippen molar-refractivity contribution in [3.63, 3.8) is 0 Å². The first kappa shape index (κ1) is 17.9. The van der Waals surface area contributed by atoms with Crippen LogP contribution in [0.3, 0.4) is 0 Å². The van der Waals surface area contributed by atoms with Crippen molar-refractivity contribution < 1.29 is 13.2 Å². The van der Waals surface area contributed by atoms with Crippen LogP contribution < -0.4 is 10.6 Å². The Morgan fingerprint density at radius 1 is 1.29 bits per heavy atom. The molecule has 0 aliphatic carbocycles. The van der Waals surface area contributed by atoms with Crippen molar-refractivity contribution in [2.24, 2.45) is 0 Å². The maximum Gasteiger partial charge on any atom is 0.319 e. The summed E-state index contributed by atoms with van der Waals surface area (Å²) in [6.07, 6.45) is 6.51. The smallest absolute Gasteiger partial charge is 0.319 e. The number of urea groups is 1. The van der Waals surface area contributed by atoms with Crippen molar-refractivity contribution in [1.82, 2.24) is 15.3 Å². The first-order valence-electron chi connectivity index (χ1n) is 7.39. The third kappa shape index (κ3) is 5.02. The summed E-state index contributed by atoms with van der Waals surface area (Å²) in [4.78, 5) is 20.4. The first-order chi connectivity index (χ1) is 11.3. The molecule has 1 heterocycles. The molecule has 0 saturated carbocycles. The van der Waals surface area contributed by atoms with Crippen LogP contribution in [-0.2, 0) is 16.3 Å². The van der Waals surface area contributed by atoms with E-state index in [2.05, 4.69) is 20.6 Å². The molecule has 0 bridgehead atoms. The molecule has 2 amide bonds. The molecule has 1 aromatic heterocycles. The van der Waals surface area contributed by atoms with E-state index in [4.69, 9.17) is 0 Å². The van der Waals surface area contributed by atoms with Crippen LogP contribution in [0.5, 0.6) is 0 Å². The van der Waals surface area contributed by atoms with Gasteiger partial charge in [-0.2, -0.15) is 0 Å². The first-order valence-corrected chi connectivity index (χ1v) is 9.28. The molecule has 2 N–H and O–H groups in total. The molecule has 2 aromatic rings.